The molecule has 3 rings (SSSR count). The van der Waals surface area contributed by atoms with Crippen LogP contribution in [0.15, 0.2) is 66.9 Å². The smallest absolute Gasteiger partial charge is 0.251 e. The van der Waals surface area contributed by atoms with Crippen LogP contribution in [0.4, 0.5) is 0 Å². The van der Waals surface area contributed by atoms with Crippen LogP contribution in [0.25, 0.3) is 0 Å². The van der Waals surface area contributed by atoms with Crippen LogP contribution < -0.4 is 5.32 Å². The second kappa shape index (κ2) is 8.63. The van der Waals surface area contributed by atoms with Crippen molar-refractivity contribution in [2.75, 3.05) is 0 Å². The molecule has 132 valence electrons. The molecular weight excluding hydrogens is 344 g/mol. The lowest BCUT2D eigenvalue weighted by Crippen LogP contribution is -2.25. The summed E-state index contributed by atoms with van der Waals surface area (Å²) < 4.78 is 0. The molecule has 1 heterocycles. The number of nitrogens with zero attached hydrogens (tertiary/aromatic N) is 1. The average molecular weight is 365 g/mol. The minimum Gasteiger partial charge on any atom is -0.346 e. The molecule has 0 fully saturated rings. The lowest BCUT2D eigenvalue weighted by atomic mass is 9.93. The summed E-state index contributed by atoms with van der Waals surface area (Å²) in [6.45, 7) is 2.50. The van der Waals surface area contributed by atoms with E-state index in [9.17, 15) is 4.79 Å². The van der Waals surface area contributed by atoms with Crippen LogP contribution in [0.5, 0.6) is 0 Å². The quantitative estimate of drug-likeness (QED) is 0.681. The standard InChI is InChI=1S/C22H21ClN2O/c1-2-16-9-7-11-19(20(16)14-17-8-3-4-12-21(17)23)22(26)25-15-18-10-5-6-13-24-18/h3-13H,2,14-15H2,1H3,(H,25,26). The first-order chi connectivity index (χ1) is 12.7. The number of nitrogens with one attached hydrogen (secondary N) is 1. The number of halogens is 1. The van der Waals surface area contributed by atoms with Crippen molar-refractivity contribution in [1.29, 1.82) is 0 Å². The number of aromatic nitrogens is 1. The second-order valence-electron chi connectivity index (χ2n) is 6.07. The highest BCUT2D eigenvalue weighted by atomic mass is 35.5. The minimum absolute atomic E-state index is 0.0898. The van der Waals surface area contributed by atoms with Gasteiger partial charge in [-0.25, -0.2) is 0 Å². The number of carbonyl (C=O) groups excluding carboxylic acids is 1. The molecule has 2 aromatic carbocycles. The maximum atomic E-state index is 12.8. The van der Waals surface area contributed by atoms with Crippen LogP contribution in [0, 0.1) is 0 Å². The highest BCUT2D eigenvalue weighted by Crippen LogP contribution is 2.24. The van der Waals surface area contributed by atoms with Crippen molar-refractivity contribution in [3.05, 3.63) is 99.8 Å². The van der Waals surface area contributed by atoms with E-state index in [4.69, 9.17) is 11.6 Å². The molecule has 0 radical (unpaired) electrons. The lowest BCUT2D eigenvalue weighted by molar-refractivity contribution is 0.0949. The van der Waals surface area contributed by atoms with Gasteiger partial charge < -0.3 is 5.32 Å². The zero-order chi connectivity index (χ0) is 18.4. The Kier molecular flexibility index (Phi) is 6.03. The molecule has 1 amide bonds. The number of hydrogen-bond donors (Lipinski definition) is 1. The van der Waals surface area contributed by atoms with Crippen LogP contribution in [-0.4, -0.2) is 10.9 Å². The molecule has 0 bridgehead atoms. The lowest BCUT2D eigenvalue weighted by Gasteiger charge is -2.15. The summed E-state index contributed by atoms with van der Waals surface area (Å²) in [5.41, 5.74) is 4.74. The number of aryl methyl sites for hydroxylation is 1. The first kappa shape index (κ1) is 18.2. The molecule has 4 heteroatoms. The molecule has 26 heavy (non-hydrogen) atoms. The Morgan fingerprint density at radius 3 is 2.50 bits per heavy atom. The van der Waals surface area contributed by atoms with Gasteiger partial charge in [0, 0.05) is 16.8 Å². The van der Waals surface area contributed by atoms with Gasteiger partial charge in [0.2, 0.25) is 0 Å². The summed E-state index contributed by atoms with van der Waals surface area (Å²) in [5.74, 6) is -0.0898. The summed E-state index contributed by atoms with van der Waals surface area (Å²) in [6, 6.07) is 19.3. The molecule has 0 aliphatic carbocycles. The third-order valence-corrected chi connectivity index (χ3v) is 4.75. The Labute approximate surface area is 159 Å². The fraction of sp³-hybridized carbons (Fsp3) is 0.182. The maximum absolute atomic E-state index is 12.8. The molecule has 0 spiro atoms. The summed E-state index contributed by atoms with van der Waals surface area (Å²) in [5, 5.41) is 3.69. The van der Waals surface area contributed by atoms with Crippen LogP contribution in [0.2, 0.25) is 5.02 Å². The molecule has 0 aliphatic rings. The molecule has 1 N–H and O–H groups in total. The van der Waals surface area contributed by atoms with Gasteiger partial charge in [-0.2, -0.15) is 0 Å². The third-order valence-electron chi connectivity index (χ3n) is 4.38. The first-order valence-corrected chi connectivity index (χ1v) is 9.09. The molecule has 3 aromatic rings. The van der Waals surface area contributed by atoms with Crippen LogP contribution in [0.3, 0.4) is 0 Å². The van der Waals surface area contributed by atoms with Gasteiger partial charge in [-0.3, -0.25) is 9.78 Å². The van der Waals surface area contributed by atoms with E-state index in [1.807, 2.05) is 54.6 Å². The van der Waals surface area contributed by atoms with Crippen molar-refractivity contribution in [3.8, 4) is 0 Å². The maximum Gasteiger partial charge on any atom is 0.251 e. The van der Waals surface area contributed by atoms with Gasteiger partial charge in [0.25, 0.3) is 5.91 Å². The predicted molar refractivity (Wildman–Crippen MR) is 105 cm³/mol. The van der Waals surface area contributed by atoms with E-state index in [1.165, 1.54) is 0 Å². The van der Waals surface area contributed by atoms with Gasteiger partial charge >= 0.3 is 0 Å². The van der Waals surface area contributed by atoms with E-state index in [0.29, 0.717) is 18.5 Å². The summed E-state index contributed by atoms with van der Waals surface area (Å²) in [7, 11) is 0. The summed E-state index contributed by atoms with van der Waals surface area (Å²) in [4.78, 5) is 17.1. The molecular formula is C22H21ClN2O. The minimum atomic E-state index is -0.0898. The Morgan fingerprint density at radius 1 is 1.00 bits per heavy atom. The number of pyridine rings is 1. The average Bonchev–Trinajstić information content (AvgIpc) is 2.68. The van der Waals surface area contributed by atoms with Crippen molar-refractivity contribution in [1.82, 2.24) is 10.3 Å². The Morgan fingerprint density at radius 2 is 1.77 bits per heavy atom. The molecule has 0 unspecified atom stereocenters. The van der Waals surface area contributed by atoms with E-state index >= 15 is 0 Å². The number of hydrogen-bond acceptors (Lipinski definition) is 2. The van der Waals surface area contributed by atoms with Crippen LogP contribution in [-0.2, 0) is 19.4 Å². The van der Waals surface area contributed by atoms with Gasteiger partial charge in [-0.1, -0.05) is 54.9 Å². The van der Waals surface area contributed by atoms with Crippen LogP contribution >= 0.6 is 11.6 Å². The topological polar surface area (TPSA) is 42.0 Å². The fourth-order valence-corrected chi connectivity index (χ4v) is 3.19. The number of rotatable bonds is 6. The Balaban J connectivity index is 1.86. The van der Waals surface area contributed by atoms with Gasteiger partial charge in [0.05, 0.1) is 12.2 Å². The van der Waals surface area contributed by atoms with E-state index in [0.717, 1.165) is 33.8 Å². The van der Waals surface area contributed by atoms with E-state index in [2.05, 4.69) is 23.3 Å². The molecule has 0 saturated carbocycles. The van der Waals surface area contributed by atoms with Gasteiger partial charge in [0.1, 0.15) is 0 Å². The van der Waals surface area contributed by atoms with Gasteiger partial charge in [-0.15, -0.1) is 0 Å². The number of carbonyl (C=O) groups is 1. The highest BCUT2D eigenvalue weighted by molar-refractivity contribution is 6.31. The number of amides is 1. The zero-order valence-electron chi connectivity index (χ0n) is 14.7. The summed E-state index contributed by atoms with van der Waals surface area (Å²) >= 11 is 6.33. The third kappa shape index (κ3) is 4.30. The van der Waals surface area contributed by atoms with Crippen molar-refractivity contribution in [2.24, 2.45) is 0 Å². The molecule has 0 aliphatic heterocycles. The second-order valence-corrected chi connectivity index (χ2v) is 6.48. The molecule has 3 nitrogen and oxygen atoms in total. The van der Waals surface area contributed by atoms with E-state index < -0.39 is 0 Å². The Bertz CT molecular complexity index is 894. The van der Waals surface area contributed by atoms with Crippen LogP contribution in [0.1, 0.15) is 39.7 Å². The first-order valence-electron chi connectivity index (χ1n) is 8.71. The monoisotopic (exact) mass is 364 g/mol. The van der Waals surface area contributed by atoms with Crippen molar-refractivity contribution in [2.45, 2.75) is 26.3 Å². The highest BCUT2D eigenvalue weighted by Gasteiger charge is 2.15. The molecule has 0 saturated heterocycles. The van der Waals surface area contributed by atoms with Crippen molar-refractivity contribution < 1.29 is 4.79 Å². The van der Waals surface area contributed by atoms with Crippen molar-refractivity contribution in [3.63, 3.8) is 0 Å². The fourth-order valence-electron chi connectivity index (χ4n) is 2.99. The zero-order valence-corrected chi connectivity index (χ0v) is 15.5. The van der Waals surface area contributed by atoms with Gasteiger partial charge in [-0.05, 0) is 53.8 Å². The SMILES string of the molecule is CCc1cccc(C(=O)NCc2ccccn2)c1Cc1ccccc1Cl. The van der Waals surface area contributed by atoms with E-state index in [1.54, 1.807) is 6.20 Å². The number of benzene rings is 2. The normalized spacial score (nSPS) is 10.5. The predicted octanol–water partition coefficient (Wildman–Crippen LogP) is 4.82. The molecule has 1 aromatic heterocycles. The van der Waals surface area contributed by atoms with Crippen molar-refractivity contribution >= 4 is 17.5 Å². The van der Waals surface area contributed by atoms with Gasteiger partial charge in [0.15, 0.2) is 0 Å². The molecule has 0 atom stereocenters. The summed E-state index contributed by atoms with van der Waals surface area (Å²) in [6.07, 6.45) is 3.22. The van der Waals surface area contributed by atoms with E-state index in [-0.39, 0.29) is 5.91 Å². The Hall–Kier alpha value is -2.65. The largest absolute Gasteiger partial charge is 0.346 e.